The van der Waals surface area contributed by atoms with Crippen molar-refractivity contribution in [1.82, 2.24) is 15.0 Å². The number of rotatable bonds is 7. The third kappa shape index (κ3) is 6.36. The van der Waals surface area contributed by atoms with Crippen molar-refractivity contribution in [2.75, 3.05) is 11.9 Å². The molecule has 1 radical (unpaired) electrons. The van der Waals surface area contributed by atoms with Crippen molar-refractivity contribution < 1.29 is 37.4 Å². The van der Waals surface area contributed by atoms with Crippen LogP contribution in [0, 0.1) is 19.8 Å². The van der Waals surface area contributed by atoms with Crippen LogP contribution in [-0.2, 0) is 32.7 Å². The predicted octanol–water partition coefficient (Wildman–Crippen LogP) is 3.72. The number of anilines is 1. The van der Waals surface area contributed by atoms with Crippen LogP contribution in [0.25, 0.3) is 0 Å². The molecule has 0 amide bonds. The van der Waals surface area contributed by atoms with Crippen molar-refractivity contribution in [2.24, 2.45) is 0 Å². The molecule has 0 saturated heterocycles. The number of aryl methyl sites for hydroxylation is 2. The summed E-state index contributed by atoms with van der Waals surface area (Å²) >= 11 is 0. The van der Waals surface area contributed by atoms with Crippen LogP contribution in [0.2, 0.25) is 0 Å². The molecule has 2 aromatic rings. The summed E-state index contributed by atoms with van der Waals surface area (Å²) in [5.41, 5.74) is 1.22. The Morgan fingerprint density at radius 2 is 1.75 bits per heavy atom. The van der Waals surface area contributed by atoms with Crippen molar-refractivity contribution in [3.63, 3.8) is 0 Å². The van der Waals surface area contributed by atoms with Gasteiger partial charge >= 0.3 is 0 Å². The fraction of sp³-hybridized carbons (Fsp3) is 0.444. The summed E-state index contributed by atoms with van der Waals surface area (Å²) in [4.78, 5) is 13.2. The average molecular weight is 402 g/mol. The van der Waals surface area contributed by atoms with Crippen LogP contribution in [0.3, 0.4) is 0 Å². The molecule has 2 rings (SSSR count). The molecular weight excluding hydrogens is 377 g/mol. The molecule has 127 valence electrons. The molecule has 1 aromatic carbocycles. The molecule has 0 aliphatic heterocycles. The van der Waals surface area contributed by atoms with Gasteiger partial charge in [0.1, 0.15) is 18.2 Å². The molecule has 0 aliphatic carbocycles. The number of hydrogen-bond acceptors (Lipinski definition) is 5. The van der Waals surface area contributed by atoms with E-state index >= 15 is 0 Å². The van der Waals surface area contributed by atoms with E-state index in [0.29, 0.717) is 18.4 Å². The van der Waals surface area contributed by atoms with E-state index < -0.39 is 0 Å². The van der Waals surface area contributed by atoms with Crippen LogP contribution in [0.4, 0.5) is 5.95 Å². The Morgan fingerprint density at radius 1 is 1.08 bits per heavy atom. The van der Waals surface area contributed by atoms with E-state index in [1.165, 1.54) is 5.56 Å². The number of aromatic nitrogens is 3. The molecule has 1 unspecified atom stereocenters. The van der Waals surface area contributed by atoms with Gasteiger partial charge in [-0.15, -0.1) is 0 Å². The van der Waals surface area contributed by atoms with E-state index in [9.17, 15) is 0 Å². The van der Waals surface area contributed by atoms with Gasteiger partial charge < -0.3 is 16.0 Å². The Hall–Kier alpha value is -1.20. The Balaban J connectivity index is 0.00000288. The Kier molecular flexibility index (Phi) is 8.64. The van der Waals surface area contributed by atoms with E-state index in [4.69, 9.17) is 4.74 Å². The second-order valence-electron chi connectivity index (χ2n) is 5.90. The molecule has 0 spiro atoms. The molecule has 1 N–H and O–H groups in total. The first-order chi connectivity index (χ1) is 11.0. The second kappa shape index (κ2) is 9.95. The summed E-state index contributed by atoms with van der Waals surface area (Å²) in [7, 11) is 0. The molecule has 0 bridgehead atoms. The van der Waals surface area contributed by atoms with E-state index in [1.54, 1.807) is 0 Å². The Morgan fingerprint density at radius 3 is 2.33 bits per heavy atom. The van der Waals surface area contributed by atoms with Gasteiger partial charge in [0, 0.05) is 38.5 Å². The molecule has 6 heteroatoms. The first kappa shape index (κ1) is 20.8. The molecule has 1 atom stereocenters. The monoisotopic (exact) mass is 402 g/mol. The fourth-order valence-corrected chi connectivity index (χ4v) is 2.05. The summed E-state index contributed by atoms with van der Waals surface area (Å²) in [5, 5.41) is 3.35. The van der Waals surface area contributed by atoms with Crippen molar-refractivity contribution in [3.8, 4) is 5.75 Å². The Labute approximate surface area is 169 Å². The van der Waals surface area contributed by atoms with Crippen LogP contribution in [-0.4, -0.2) is 27.6 Å². The molecule has 0 fully saturated rings. The summed E-state index contributed by atoms with van der Waals surface area (Å²) in [6.07, 6.45) is 0.917. The summed E-state index contributed by atoms with van der Waals surface area (Å²) in [5.74, 6) is 4.00. The van der Waals surface area contributed by atoms with Gasteiger partial charge in [0.05, 0.1) is 6.04 Å². The zero-order valence-corrected chi connectivity index (χ0v) is 18.0. The maximum atomic E-state index is 5.86. The zero-order chi connectivity index (χ0) is 16.8. The van der Waals surface area contributed by atoms with Gasteiger partial charge in [-0.2, -0.15) is 18.8 Å². The number of hydrogen-bond donors (Lipinski definition) is 1. The van der Waals surface area contributed by atoms with E-state index in [0.717, 1.165) is 23.9 Å². The molecular formula is C18H25N4OY-. The van der Waals surface area contributed by atoms with Gasteiger partial charge in [-0.3, -0.25) is 4.98 Å². The van der Waals surface area contributed by atoms with Crippen LogP contribution >= 0.6 is 0 Å². The zero-order valence-electron chi connectivity index (χ0n) is 15.1. The molecule has 1 heterocycles. The van der Waals surface area contributed by atoms with Crippen molar-refractivity contribution >= 4 is 5.95 Å². The van der Waals surface area contributed by atoms with Crippen molar-refractivity contribution in [3.05, 3.63) is 47.4 Å². The average Bonchev–Trinajstić information content (AvgIpc) is 2.52. The maximum Gasteiger partial charge on any atom is 0.223 e. The fourth-order valence-electron chi connectivity index (χ4n) is 2.05. The third-order valence-electron chi connectivity index (χ3n) is 3.49. The normalized spacial score (nSPS) is 11.4. The molecule has 1 aromatic heterocycles. The van der Waals surface area contributed by atoms with Gasteiger partial charge in [-0.1, -0.05) is 24.6 Å². The molecule has 24 heavy (non-hydrogen) atoms. The number of ether oxygens (including phenoxy) is 1. The minimum Gasteiger partial charge on any atom is -0.491 e. The minimum absolute atomic E-state index is 0. The first-order valence-corrected chi connectivity index (χ1v) is 7.97. The molecule has 0 saturated carbocycles. The Bertz CT molecular complexity index is 631. The maximum absolute atomic E-state index is 5.86. The predicted molar refractivity (Wildman–Crippen MR) is 92.6 cm³/mol. The SMILES string of the molecule is CCC(COc1ccc(C)cc1)Nc1nc(C)nc([C-](C)C)n1.[Y]. The largest absolute Gasteiger partial charge is 0.491 e. The third-order valence-corrected chi connectivity index (χ3v) is 3.49. The van der Waals surface area contributed by atoms with Crippen LogP contribution in [0.15, 0.2) is 24.3 Å². The van der Waals surface area contributed by atoms with E-state index in [2.05, 4.69) is 34.1 Å². The topological polar surface area (TPSA) is 59.9 Å². The van der Waals surface area contributed by atoms with E-state index in [-0.39, 0.29) is 38.8 Å². The number of benzene rings is 1. The number of nitrogens with zero attached hydrogens (tertiary/aromatic N) is 3. The summed E-state index contributed by atoms with van der Waals surface area (Å²) in [6, 6.07) is 8.21. The molecule has 5 nitrogen and oxygen atoms in total. The first-order valence-electron chi connectivity index (χ1n) is 7.97. The molecule has 0 aliphatic rings. The van der Waals surface area contributed by atoms with Crippen LogP contribution < -0.4 is 10.1 Å². The summed E-state index contributed by atoms with van der Waals surface area (Å²) < 4.78 is 5.86. The smallest absolute Gasteiger partial charge is 0.223 e. The van der Waals surface area contributed by atoms with E-state index in [1.807, 2.05) is 45.0 Å². The van der Waals surface area contributed by atoms with Gasteiger partial charge in [-0.25, -0.2) is 4.98 Å². The van der Waals surface area contributed by atoms with Crippen molar-refractivity contribution in [2.45, 2.75) is 47.1 Å². The quantitative estimate of drug-likeness (QED) is 0.716. The van der Waals surface area contributed by atoms with Crippen LogP contribution in [0.5, 0.6) is 5.75 Å². The minimum atomic E-state index is 0. The van der Waals surface area contributed by atoms with Gasteiger partial charge in [-0.05, 0) is 32.4 Å². The van der Waals surface area contributed by atoms with Gasteiger partial charge in [0.25, 0.3) is 0 Å². The van der Waals surface area contributed by atoms with Gasteiger partial charge in [0.15, 0.2) is 0 Å². The summed E-state index contributed by atoms with van der Waals surface area (Å²) in [6.45, 7) is 10.6. The standard InChI is InChI=1S/C18H25N4O.Y/c1-6-15(11-23-16-9-7-13(4)8-10-16)21-18-20-14(5)19-17(22-18)12(2)3;/h7-10,15H,6,11H2,1-5H3,(H,19,20,21,22);/q-1;. The van der Waals surface area contributed by atoms with Crippen LogP contribution in [0.1, 0.15) is 44.4 Å². The second-order valence-corrected chi connectivity index (χ2v) is 5.90. The number of nitrogens with one attached hydrogen (secondary N) is 1. The van der Waals surface area contributed by atoms with Gasteiger partial charge in [0.2, 0.25) is 5.95 Å². The van der Waals surface area contributed by atoms with Crippen molar-refractivity contribution in [1.29, 1.82) is 0 Å².